The van der Waals surface area contributed by atoms with Gasteiger partial charge >= 0.3 is 6.18 Å². The van der Waals surface area contributed by atoms with E-state index < -0.39 is 18.0 Å². The number of halogens is 3. The van der Waals surface area contributed by atoms with Crippen molar-refractivity contribution in [2.45, 2.75) is 56.2 Å². The number of rotatable bonds is 6. The molecule has 1 aromatic carbocycles. The second-order valence-electron chi connectivity index (χ2n) is 8.32. The lowest BCUT2D eigenvalue weighted by molar-refractivity contribution is -0.141. The molecule has 32 heavy (non-hydrogen) atoms. The largest absolute Gasteiger partial charge is 0.406 e. The van der Waals surface area contributed by atoms with Gasteiger partial charge in [-0.3, -0.25) is 14.3 Å². The van der Waals surface area contributed by atoms with Crippen molar-refractivity contribution >= 4 is 23.4 Å². The van der Waals surface area contributed by atoms with E-state index in [1.807, 2.05) is 24.3 Å². The number of amides is 1. The Balaban J connectivity index is 1.77. The number of nitrogens with zero attached hydrogens (tertiary/aromatic N) is 4. The summed E-state index contributed by atoms with van der Waals surface area (Å²) in [6, 6.07) is 10.6. The summed E-state index contributed by atoms with van der Waals surface area (Å²) in [6.07, 6.45) is -1.54. The molecule has 0 aliphatic carbocycles. The van der Waals surface area contributed by atoms with Crippen LogP contribution in [0.2, 0.25) is 0 Å². The maximum atomic E-state index is 13.2. The number of thioether (sulfide) groups is 1. The van der Waals surface area contributed by atoms with E-state index >= 15 is 0 Å². The average Bonchev–Trinajstić information content (AvgIpc) is 3.08. The molecule has 2 aromatic heterocycles. The molecule has 3 aromatic rings. The molecule has 0 bridgehead atoms. The van der Waals surface area contributed by atoms with Crippen LogP contribution >= 0.6 is 11.8 Å². The molecule has 0 radical (unpaired) electrons. The van der Waals surface area contributed by atoms with E-state index in [2.05, 4.69) is 41.3 Å². The zero-order valence-corrected chi connectivity index (χ0v) is 19.0. The zero-order chi connectivity index (χ0) is 23.5. The summed E-state index contributed by atoms with van der Waals surface area (Å²) in [7, 11) is 0. The van der Waals surface area contributed by atoms with Crippen molar-refractivity contribution in [3.63, 3.8) is 0 Å². The predicted octanol–water partition coefficient (Wildman–Crippen LogP) is 5.32. The van der Waals surface area contributed by atoms with Gasteiger partial charge in [-0.2, -0.15) is 13.2 Å². The van der Waals surface area contributed by atoms with Crippen LogP contribution in [0.1, 0.15) is 33.3 Å². The van der Waals surface area contributed by atoms with Gasteiger partial charge in [-0.1, -0.05) is 44.7 Å². The first-order valence-electron chi connectivity index (χ1n) is 9.92. The highest BCUT2D eigenvalue weighted by atomic mass is 32.2. The molecule has 1 amide bonds. The first-order chi connectivity index (χ1) is 14.9. The number of aromatic nitrogens is 4. The monoisotopic (exact) mass is 463 g/mol. The van der Waals surface area contributed by atoms with Crippen molar-refractivity contribution in [3.8, 4) is 11.4 Å². The summed E-state index contributed by atoms with van der Waals surface area (Å²) in [5.41, 5.74) is 2.19. The molecule has 1 unspecified atom stereocenters. The molecule has 170 valence electrons. The topological polar surface area (TPSA) is 72.7 Å². The summed E-state index contributed by atoms with van der Waals surface area (Å²) in [6.45, 7) is 6.63. The summed E-state index contributed by atoms with van der Waals surface area (Å²) < 4.78 is 40.6. The lowest BCUT2D eigenvalue weighted by atomic mass is 9.87. The number of carbonyl (C=O) groups is 1. The van der Waals surface area contributed by atoms with Gasteiger partial charge in [0.2, 0.25) is 5.91 Å². The normalized spacial score (nSPS) is 13.1. The SMILES string of the molecule is CC(Sc1nnc(-c2ccncc2)n1CC(F)(F)F)C(=O)Nc1ccc(C(C)(C)C)cc1. The van der Waals surface area contributed by atoms with Crippen LogP contribution in [0.15, 0.2) is 53.9 Å². The van der Waals surface area contributed by atoms with Crippen molar-refractivity contribution < 1.29 is 18.0 Å². The van der Waals surface area contributed by atoms with Crippen LogP contribution in [0.5, 0.6) is 0 Å². The maximum Gasteiger partial charge on any atom is 0.406 e. The summed E-state index contributed by atoms with van der Waals surface area (Å²) in [5, 5.41) is 9.97. The van der Waals surface area contributed by atoms with Crippen molar-refractivity contribution in [2.75, 3.05) is 5.32 Å². The number of pyridine rings is 1. The number of hydrogen-bond donors (Lipinski definition) is 1. The fourth-order valence-electron chi connectivity index (χ4n) is 2.92. The van der Waals surface area contributed by atoms with Crippen LogP contribution in [0.4, 0.5) is 18.9 Å². The van der Waals surface area contributed by atoms with Gasteiger partial charge < -0.3 is 5.32 Å². The first kappa shape index (κ1) is 23.8. The van der Waals surface area contributed by atoms with Crippen LogP contribution in [-0.2, 0) is 16.8 Å². The summed E-state index contributed by atoms with van der Waals surface area (Å²) in [4.78, 5) is 16.5. The van der Waals surface area contributed by atoms with Crippen molar-refractivity contribution in [1.82, 2.24) is 19.7 Å². The first-order valence-corrected chi connectivity index (χ1v) is 10.8. The molecule has 2 heterocycles. The van der Waals surface area contributed by atoms with Crippen molar-refractivity contribution in [2.24, 2.45) is 0 Å². The minimum absolute atomic E-state index is 0.0131. The molecule has 6 nitrogen and oxygen atoms in total. The molecule has 3 rings (SSSR count). The van der Waals surface area contributed by atoms with Gasteiger partial charge in [-0.05, 0) is 42.2 Å². The van der Waals surface area contributed by atoms with Crippen molar-refractivity contribution in [3.05, 3.63) is 54.4 Å². The fourth-order valence-corrected chi connectivity index (χ4v) is 3.77. The molecule has 0 saturated carbocycles. The Morgan fingerprint density at radius 1 is 1.06 bits per heavy atom. The molecular weight excluding hydrogens is 439 g/mol. The van der Waals surface area contributed by atoms with Gasteiger partial charge in [0.1, 0.15) is 6.54 Å². The zero-order valence-electron chi connectivity index (χ0n) is 18.1. The highest BCUT2D eigenvalue weighted by Crippen LogP contribution is 2.31. The Labute approximate surface area is 188 Å². The van der Waals surface area contributed by atoms with Gasteiger partial charge in [0.25, 0.3) is 0 Å². The number of anilines is 1. The highest BCUT2D eigenvalue weighted by Gasteiger charge is 2.32. The highest BCUT2D eigenvalue weighted by molar-refractivity contribution is 8.00. The Hall–Kier alpha value is -2.88. The molecule has 0 spiro atoms. The van der Waals surface area contributed by atoms with E-state index in [0.29, 0.717) is 11.3 Å². The standard InChI is InChI=1S/C22H24F3N5OS/c1-14(19(31)27-17-7-5-16(6-8-17)21(2,3)4)32-20-29-28-18(15-9-11-26-12-10-15)30(20)13-22(23,24)25/h5-12,14H,13H2,1-4H3,(H,27,31). The fraction of sp³-hybridized carbons (Fsp3) is 0.364. The van der Waals surface area contributed by atoms with Crippen molar-refractivity contribution in [1.29, 1.82) is 0 Å². The Kier molecular flexibility index (Phi) is 6.92. The molecule has 1 N–H and O–H groups in total. The molecule has 0 aliphatic heterocycles. The Morgan fingerprint density at radius 2 is 1.69 bits per heavy atom. The Bertz CT molecular complexity index is 1060. The van der Waals surface area contributed by atoms with E-state index in [-0.39, 0.29) is 22.3 Å². The second kappa shape index (κ2) is 9.32. The Morgan fingerprint density at radius 3 is 2.25 bits per heavy atom. The molecule has 0 aliphatic rings. The number of nitrogens with one attached hydrogen (secondary N) is 1. The number of alkyl halides is 3. The van der Waals surface area contributed by atoms with E-state index in [1.165, 1.54) is 12.4 Å². The molecular formula is C22H24F3N5OS. The predicted molar refractivity (Wildman–Crippen MR) is 118 cm³/mol. The van der Waals surface area contributed by atoms with E-state index in [1.54, 1.807) is 19.1 Å². The quantitative estimate of drug-likeness (QED) is 0.501. The minimum Gasteiger partial charge on any atom is -0.325 e. The van der Waals surface area contributed by atoms with E-state index in [4.69, 9.17) is 0 Å². The van der Waals surface area contributed by atoms with Crippen LogP contribution in [0.3, 0.4) is 0 Å². The number of hydrogen-bond acceptors (Lipinski definition) is 5. The van der Waals surface area contributed by atoms with Gasteiger partial charge in [0, 0.05) is 23.6 Å². The number of benzene rings is 1. The minimum atomic E-state index is -4.47. The lowest BCUT2D eigenvalue weighted by Gasteiger charge is -2.19. The average molecular weight is 464 g/mol. The van der Waals surface area contributed by atoms with Crippen LogP contribution in [0, 0.1) is 0 Å². The van der Waals surface area contributed by atoms with E-state index in [0.717, 1.165) is 21.9 Å². The molecule has 10 heteroatoms. The third-order valence-electron chi connectivity index (χ3n) is 4.66. The second-order valence-corrected chi connectivity index (χ2v) is 9.63. The van der Waals surface area contributed by atoms with Gasteiger partial charge in [0.05, 0.1) is 5.25 Å². The third kappa shape index (κ3) is 6.09. The third-order valence-corrected chi connectivity index (χ3v) is 5.74. The smallest absolute Gasteiger partial charge is 0.325 e. The molecule has 0 fully saturated rings. The van der Waals surface area contributed by atoms with Crippen LogP contribution < -0.4 is 5.32 Å². The van der Waals surface area contributed by atoms with Gasteiger partial charge in [-0.15, -0.1) is 10.2 Å². The molecule has 0 saturated heterocycles. The maximum absolute atomic E-state index is 13.2. The summed E-state index contributed by atoms with van der Waals surface area (Å²) >= 11 is 0.923. The number of carbonyl (C=O) groups excluding carboxylic acids is 1. The lowest BCUT2D eigenvalue weighted by Crippen LogP contribution is -2.24. The van der Waals surface area contributed by atoms with E-state index in [9.17, 15) is 18.0 Å². The van der Waals surface area contributed by atoms with Gasteiger partial charge in [0.15, 0.2) is 11.0 Å². The van der Waals surface area contributed by atoms with Crippen LogP contribution in [0.25, 0.3) is 11.4 Å². The van der Waals surface area contributed by atoms with Crippen LogP contribution in [-0.4, -0.2) is 37.1 Å². The van der Waals surface area contributed by atoms with Gasteiger partial charge in [-0.25, -0.2) is 0 Å². The molecule has 1 atom stereocenters. The summed E-state index contributed by atoms with van der Waals surface area (Å²) in [5.74, 6) is -0.275.